The minimum absolute atomic E-state index is 0.0396. The summed E-state index contributed by atoms with van der Waals surface area (Å²) in [7, 11) is 0. The van der Waals surface area contributed by atoms with Gasteiger partial charge in [-0.1, -0.05) is 12.1 Å². The number of halogens is 1. The molecule has 2 aromatic heterocycles. The lowest BCUT2D eigenvalue weighted by Crippen LogP contribution is -2.09. The van der Waals surface area contributed by atoms with Gasteiger partial charge in [0.05, 0.1) is 16.8 Å². The molecule has 26 heavy (non-hydrogen) atoms. The van der Waals surface area contributed by atoms with Crippen LogP contribution in [-0.2, 0) is 6.42 Å². The molecule has 0 aliphatic carbocycles. The van der Waals surface area contributed by atoms with Crippen molar-refractivity contribution >= 4 is 17.4 Å². The van der Waals surface area contributed by atoms with Gasteiger partial charge in [-0.3, -0.25) is 4.79 Å². The molecule has 6 nitrogen and oxygen atoms in total. The van der Waals surface area contributed by atoms with Gasteiger partial charge in [0.1, 0.15) is 5.82 Å². The van der Waals surface area contributed by atoms with Crippen molar-refractivity contribution in [2.75, 3.05) is 0 Å². The molecule has 7 heteroatoms. The Hall–Kier alpha value is -3.22. The summed E-state index contributed by atoms with van der Waals surface area (Å²) in [6.07, 6.45) is 1.21. The van der Waals surface area contributed by atoms with Crippen molar-refractivity contribution in [3.8, 4) is 5.75 Å². The molecule has 0 fully saturated rings. The largest absolute Gasteiger partial charge is 0.504 e. The normalized spacial score (nSPS) is 11.0. The number of imidazole rings is 1. The summed E-state index contributed by atoms with van der Waals surface area (Å²) in [6.45, 7) is 3.52. The average molecular weight is 356 g/mol. The van der Waals surface area contributed by atoms with E-state index in [0.29, 0.717) is 11.4 Å². The van der Waals surface area contributed by atoms with E-state index in [9.17, 15) is 24.2 Å². The lowest BCUT2D eigenvalue weighted by atomic mass is 9.99. The van der Waals surface area contributed by atoms with E-state index in [1.54, 1.807) is 19.9 Å². The van der Waals surface area contributed by atoms with Gasteiger partial charge in [-0.15, -0.1) is 0 Å². The van der Waals surface area contributed by atoms with E-state index in [0.717, 1.165) is 0 Å². The fraction of sp³-hybridized carbons (Fsp3) is 0.211. The van der Waals surface area contributed by atoms with E-state index >= 15 is 0 Å². The highest BCUT2D eigenvalue weighted by Gasteiger charge is 2.22. The standard InChI is InChI=1S/C19H17FN2O4/c1-10-11(2)22-9-14(19(25)26)12(17(24)18(22)21-10)7-8-16(23)13-5-3-4-6-15(13)20/h3-6,9,24H,7-8H2,1-2H3,(H,25,26). The Bertz CT molecular complexity index is 1040. The van der Waals surface area contributed by atoms with Crippen LogP contribution in [0.25, 0.3) is 5.65 Å². The Labute approximate surface area is 148 Å². The van der Waals surface area contributed by atoms with Crippen LogP contribution in [0.5, 0.6) is 5.75 Å². The molecule has 0 amide bonds. The first-order valence-electron chi connectivity index (χ1n) is 8.02. The van der Waals surface area contributed by atoms with Crippen LogP contribution in [0, 0.1) is 19.7 Å². The number of carboxylic acid groups (broad SMARTS) is 1. The van der Waals surface area contributed by atoms with Crippen LogP contribution in [0.15, 0.2) is 30.5 Å². The zero-order chi connectivity index (χ0) is 19.0. The van der Waals surface area contributed by atoms with E-state index in [2.05, 4.69) is 4.98 Å². The number of nitrogens with zero attached hydrogens (tertiary/aromatic N) is 2. The summed E-state index contributed by atoms with van der Waals surface area (Å²) in [5.74, 6) is -2.59. The number of benzene rings is 1. The van der Waals surface area contributed by atoms with Gasteiger partial charge in [-0.25, -0.2) is 14.2 Å². The third kappa shape index (κ3) is 2.92. The molecule has 0 unspecified atom stereocenters. The molecule has 134 valence electrons. The number of aryl methyl sites for hydroxylation is 2. The van der Waals surface area contributed by atoms with Crippen LogP contribution < -0.4 is 0 Å². The molecule has 0 saturated heterocycles. The van der Waals surface area contributed by atoms with E-state index in [4.69, 9.17) is 0 Å². The zero-order valence-corrected chi connectivity index (χ0v) is 14.3. The first-order valence-corrected chi connectivity index (χ1v) is 8.02. The number of aromatic carboxylic acids is 1. The van der Waals surface area contributed by atoms with E-state index in [1.807, 2.05) is 0 Å². The summed E-state index contributed by atoms with van der Waals surface area (Å²) in [4.78, 5) is 28.1. The summed E-state index contributed by atoms with van der Waals surface area (Å²) >= 11 is 0. The Kier molecular flexibility index (Phi) is 4.46. The van der Waals surface area contributed by atoms with Crippen molar-refractivity contribution in [2.24, 2.45) is 0 Å². The minimum Gasteiger partial charge on any atom is -0.504 e. The number of aromatic hydroxyl groups is 1. The molecule has 0 aliphatic heterocycles. The maximum Gasteiger partial charge on any atom is 0.337 e. The number of fused-ring (bicyclic) bond motifs is 1. The molecule has 0 atom stereocenters. The molecule has 3 aromatic rings. The van der Waals surface area contributed by atoms with Gasteiger partial charge in [0, 0.05) is 23.9 Å². The van der Waals surface area contributed by atoms with Crippen molar-refractivity contribution in [3.05, 3.63) is 64.4 Å². The monoisotopic (exact) mass is 356 g/mol. The highest BCUT2D eigenvalue weighted by molar-refractivity contribution is 5.97. The lowest BCUT2D eigenvalue weighted by molar-refractivity contribution is 0.0693. The van der Waals surface area contributed by atoms with Gasteiger partial charge in [-0.2, -0.15) is 0 Å². The maximum absolute atomic E-state index is 13.7. The Morgan fingerprint density at radius 3 is 2.54 bits per heavy atom. The second-order valence-corrected chi connectivity index (χ2v) is 6.05. The number of ketones is 1. The van der Waals surface area contributed by atoms with Gasteiger partial charge in [0.25, 0.3) is 0 Å². The quantitative estimate of drug-likeness (QED) is 0.684. The van der Waals surface area contributed by atoms with E-state index < -0.39 is 17.6 Å². The number of hydrogen-bond donors (Lipinski definition) is 2. The van der Waals surface area contributed by atoms with Crippen molar-refractivity contribution < 1.29 is 24.2 Å². The van der Waals surface area contributed by atoms with Crippen molar-refractivity contribution in [3.63, 3.8) is 0 Å². The summed E-state index contributed by atoms with van der Waals surface area (Å²) in [5, 5.41) is 20.0. The highest BCUT2D eigenvalue weighted by atomic mass is 19.1. The zero-order valence-electron chi connectivity index (χ0n) is 14.3. The molecule has 2 N–H and O–H groups in total. The van der Waals surface area contributed by atoms with Crippen LogP contribution in [0.4, 0.5) is 4.39 Å². The number of carboxylic acids is 1. The molecular formula is C19H17FN2O4. The second-order valence-electron chi connectivity index (χ2n) is 6.05. The van der Waals surface area contributed by atoms with Gasteiger partial charge in [0.2, 0.25) is 0 Å². The van der Waals surface area contributed by atoms with Gasteiger partial charge >= 0.3 is 5.97 Å². The van der Waals surface area contributed by atoms with Crippen LogP contribution in [0.2, 0.25) is 0 Å². The van der Waals surface area contributed by atoms with Crippen LogP contribution >= 0.6 is 0 Å². The van der Waals surface area contributed by atoms with Crippen LogP contribution in [0.1, 0.15) is 44.1 Å². The number of pyridine rings is 1. The molecule has 3 rings (SSSR count). The first kappa shape index (κ1) is 17.6. The molecule has 0 radical (unpaired) electrons. The number of aromatic nitrogens is 2. The van der Waals surface area contributed by atoms with Crippen molar-refractivity contribution in [1.82, 2.24) is 9.38 Å². The Balaban J connectivity index is 2.00. The van der Waals surface area contributed by atoms with Crippen molar-refractivity contribution in [2.45, 2.75) is 26.7 Å². The number of carbonyl (C=O) groups excluding carboxylic acids is 1. The molecule has 1 aromatic carbocycles. The number of hydrogen-bond acceptors (Lipinski definition) is 4. The third-order valence-corrected chi connectivity index (χ3v) is 4.47. The van der Waals surface area contributed by atoms with E-state index in [-0.39, 0.29) is 40.9 Å². The minimum atomic E-state index is -1.22. The number of Topliss-reactive ketones (excluding diaryl/α,β-unsaturated/α-hetero) is 1. The molecular weight excluding hydrogens is 339 g/mol. The molecule has 0 spiro atoms. The van der Waals surface area contributed by atoms with Crippen molar-refractivity contribution in [1.29, 1.82) is 0 Å². The Morgan fingerprint density at radius 1 is 1.19 bits per heavy atom. The molecule has 0 bridgehead atoms. The topological polar surface area (TPSA) is 91.9 Å². The van der Waals surface area contributed by atoms with Crippen LogP contribution in [-0.4, -0.2) is 31.4 Å². The molecule has 0 saturated carbocycles. The Morgan fingerprint density at radius 2 is 1.88 bits per heavy atom. The summed E-state index contributed by atoms with van der Waals surface area (Å²) in [6, 6.07) is 5.60. The maximum atomic E-state index is 13.7. The lowest BCUT2D eigenvalue weighted by Gasteiger charge is -2.11. The summed E-state index contributed by atoms with van der Waals surface area (Å²) in [5.41, 5.74) is 1.55. The number of rotatable bonds is 5. The first-order chi connectivity index (χ1) is 12.3. The fourth-order valence-electron chi connectivity index (χ4n) is 2.92. The third-order valence-electron chi connectivity index (χ3n) is 4.47. The molecule has 2 heterocycles. The predicted octanol–water partition coefficient (Wildman–Crippen LogP) is 3.31. The van der Waals surface area contributed by atoms with Gasteiger partial charge in [0.15, 0.2) is 17.2 Å². The SMILES string of the molecule is Cc1nc2c(O)c(CCC(=O)c3ccccc3F)c(C(=O)O)cn2c1C. The highest BCUT2D eigenvalue weighted by Crippen LogP contribution is 2.30. The summed E-state index contributed by atoms with van der Waals surface area (Å²) < 4.78 is 15.2. The fourth-order valence-corrected chi connectivity index (χ4v) is 2.92. The smallest absolute Gasteiger partial charge is 0.337 e. The number of carbonyl (C=O) groups is 2. The molecule has 0 aliphatic rings. The van der Waals surface area contributed by atoms with Gasteiger partial charge < -0.3 is 14.6 Å². The second kappa shape index (κ2) is 6.59. The average Bonchev–Trinajstić information content (AvgIpc) is 2.89. The van der Waals surface area contributed by atoms with Gasteiger partial charge in [-0.05, 0) is 32.4 Å². The predicted molar refractivity (Wildman–Crippen MR) is 92.3 cm³/mol. The van der Waals surface area contributed by atoms with Crippen LogP contribution in [0.3, 0.4) is 0 Å². The van der Waals surface area contributed by atoms with E-state index in [1.165, 1.54) is 28.8 Å².